The minimum Gasteiger partial charge on any atom is -0.247 e. The molecule has 0 unspecified atom stereocenters. The van der Waals surface area contributed by atoms with Crippen LogP contribution in [0.3, 0.4) is 0 Å². The van der Waals surface area contributed by atoms with Crippen molar-refractivity contribution < 1.29 is 18.7 Å². The van der Waals surface area contributed by atoms with E-state index in [-0.39, 0.29) is 5.57 Å². The lowest BCUT2D eigenvalue weighted by molar-refractivity contribution is -0.180. The van der Waals surface area contributed by atoms with Crippen molar-refractivity contribution in [2.45, 2.75) is 6.92 Å². The van der Waals surface area contributed by atoms with Gasteiger partial charge in [0.25, 0.3) is 0 Å². The molecule has 0 aromatic rings. The Kier molecular flexibility index (Phi) is 3.32. The smallest absolute Gasteiger partial charge is 0.247 e. The van der Waals surface area contributed by atoms with Crippen molar-refractivity contribution in [2.24, 2.45) is 0 Å². The number of hydrogen-bond acceptors (Lipinski definition) is 2. The van der Waals surface area contributed by atoms with E-state index < -0.39 is 11.8 Å². The molecular weight excluding hydrogens is 142 g/mol. The van der Waals surface area contributed by atoms with Gasteiger partial charge in [-0.05, 0) is 12.5 Å². The van der Waals surface area contributed by atoms with Crippen molar-refractivity contribution in [2.75, 3.05) is 0 Å². The standard InChI is InChI=1S/C6H6F2O2/c1-3-4(2)5(7)6(9)10-8/h3H,1H2,2H3/b5-4-. The summed E-state index contributed by atoms with van der Waals surface area (Å²) in [7, 11) is 0. The van der Waals surface area contributed by atoms with Gasteiger partial charge in [0.05, 0.1) is 0 Å². The summed E-state index contributed by atoms with van der Waals surface area (Å²) in [6, 6.07) is 0. The average Bonchev–Trinajstić information content (AvgIpc) is 2.00. The largest absolute Gasteiger partial charge is 0.407 e. The SMILES string of the molecule is C=C/C(C)=C(\F)C(=O)OF. The lowest BCUT2D eigenvalue weighted by atomic mass is 10.3. The maximum atomic E-state index is 12.3. The van der Waals surface area contributed by atoms with E-state index in [9.17, 15) is 13.7 Å². The highest BCUT2D eigenvalue weighted by atomic mass is 19.3. The first-order valence-corrected chi connectivity index (χ1v) is 2.45. The number of carbonyl (C=O) groups is 1. The zero-order valence-corrected chi connectivity index (χ0v) is 5.36. The summed E-state index contributed by atoms with van der Waals surface area (Å²) in [6.07, 6.45) is 1.09. The van der Waals surface area contributed by atoms with Crippen LogP contribution in [0, 0.1) is 0 Å². The van der Waals surface area contributed by atoms with Crippen molar-refractivity contribution in [3.63, 3.8) is 0 Å². The molecule has 0 radical (unpaired) electrons. The van der Waals surface area contributed by atoms with Crippen LogP contribution >= 0.6 is 0 Å². The monoisotopic (exact) mass is 148 g/mol. The van der Waals surface area contributed by atoms with Crippen LogP contribution in [-0.4, -0.2) is 5.97 Å². The van der Waals surface area contributed by atoms with Crippen molar-refractivity contribution in [3.8, 4) is 0 Å². The van der Waals surface area contributed by atoms with Crippen LogP contribution in [0.2, 0.25) is 0 Å². The summed E-state index contributed by atoms with van der Waals surface area (Å²) in [5.41, 5.74) is -0.0531. The first kappa shape index (κ1) is 8.81. The molecule has 0 atom stereocenters. The molecule has 0 aliphatic carbocycles. The molecule has 0 aliphatic heterocycles. The van der Waals surface area contributed by atoms with Crippen LogP contribution in [-0.2, 0) is 9.74 Å². The van der Waals surface area contributed by atoms with E-state index in [2.05, 4.69) is 11.5 Å². The second-order valence-electron chi connectivity index (χ2n) is 1.57. The van der Waals surface area contributed by atoms with Crippen molar-refractivity contribution in [3.05, 3.63) is 24.1 Å². The summed E-state index contributed by atoms with van der Waals surface area (Å²) in [5, 5.41) is 0. The van der Waals surface area contributed by atoms with Gasteiger partial charge >= 0.3 is 5.97 Å². The second kappa shape index (κ2) is 3.76. The molecule has 0 bridgehead atoms. The minimum absolute atomic E-state index is 0.0531. The van der Waals surface area contributed by atoms with Crippen molar-refractivity contribution >= 4 is 5.97 Å². The van der Waals surface area contributed by atoms with E-state index in [4.69, 9.17) is 0 Å². The van der Waals surface area contributed by atoms with Crippen LogP contribution in [0.1, 0.15) is 6.92 Å². The van der Waals surface area contributed by atoms with Gasteiger partial charge in [0.2, 0.25) is 5.83 Å². The number of halogens is 2. The third kappa shape index (κ3) is 1.97. The molecule has 0 aromatic heterocycles. The summed E-state index contributed by atoms with van der Waals surface area (Å²) in [5.74, 6) is -2.89. The molecule has 0 saturated carbocycles. The summed E-state index contributed by atoms with van der Waals surface area (Å²) in [6.45, 7) is 4.45. The zero-order chi connectivity index (χ0) is 8.15. The Morgan fingerprint density at radius 2 is 2.20 bits per heavy atom. The zero-order valence-electron chi connectivity index (χ0n) is 5.36. The Bertz CT molecular complexity index is 184. The Morgan fingerprint density at radius 1 is 1.70 bits per heavy atom. The molecule has 4 heteroatoms. The summed E-state index contributed by atoms with van der Waals surface area (Å²) in [4.78, 5) is 12.6. The Balaban J connectivity index is 4.45. The Labute approximate surface area is 56.7 Å². The third-order valence-corrected chi connectivity index (χ3v) is 0.902. The molecule has 0 aromatic carbocycles. The number of carbonyl (C=O) groups excluding carboxylic acids is 1. The van der Waals surface area contributed by atoms with E-state index in [1.807, 2.05) is 0 Å². The van der Waals surface area contributed by atoms with Gasteiger partial charge in [-0.15, -0.1) is 0 Å². The molecule has 2 nitrogen and oxygen atoms in total. The molecule has 0 heterocycles. The highest BCUT2D eigenvalue weighted by molar-refractivity contribution is 5.86. The average molecular weight is 148 g/mol. The molecule has 0 saturated heterocycles. The maximum Gasteiger partial charge on any atom is 0.407 e. The molecule has 10 heavy (non-hydrogen) atoms. The first-order chi connectivity index (χ1) is 4.63. The summed E-state index contributed by atoms with van der Waals surface area (Å²) >= 11 is 0. The molecule has 0 fully saturated rings. The molecule has 0 aliphatic rings. The van der Waals surface area contributed by atoms with Gasteiger partial charge in [-0.2, -0.15) is 4.39 Å². The predicted molar refractivity (Wildman–Crippen MR) is 31.2 cm³/mol. The van der Waals surface area contributed by atoms with Gasteiger partial charge < -0.3 is 0 Å². The number of allylic oxidation sites excluding steroid dienone is 2. The van der Waals surface area contributed by atoms with Crippen LogP contribution in [0.25, 0.3) is 0 Å². The van der Waals surface area contributed by atoms with Crippen LogP contribution in [0.5, 0.6) is 0 Å². The molecule has 0 N–H and O–H groups in total. The number of hydrogen-bond donors (Lipinski definition) is 0. The Hall–Kier alpha value is -1.19. The molecule has 56 valence electrons. The predicted octanol–water partition coefficient (Wildman–Crippen LogP) is 1.84. The van der Waals surface area contributed by atoms with Crippen LogP contribution < -0.4 is 0 Å². The highest BCUT2D eigenvalue weighted by Gasteiger charge is 2.12. The van der Waals surface area contributed by atoms with E-state index in [1.54, 1.807) is 0 Å². The van der Waals surface area contributed by atoms with Crippen LogP contribution in [0.15, 0.2) is 24.1 Å². The molecular formula is C6H6F2O2. The fraction of sp³-hybridized carbons (Fsp3) is 0.167. The van der Waals surface area contributed by atoms with Gasteiger partial charge in [0.1, 0.15) is 0 Å². The molecule has 0 amide bonds. The quantitative estimate of drug-likeness (QED) is 0.441. The minimum atomic E-state index is -1.63. The van der Waals surface area contributed by atoms with Gasteiger partial charge in [0, 0.05) is 4.53 Å². The van der Waals surface area contributed by atoms with E-state index >= 15 is 0 Å². The number of rotatable bonds is 2. The van der Waals surface area contributed by atoms with E-state index in [0.717, 1.165) is 6.08 Å². The van der Waals surface area contributed by atoms with Gasteiger partial charge in [-0.25, -0.2) is 9.74 Å². The lowest BCUT2D eigenvalue weighted by Gasteiger charge is -1.91. The first-order valence-electron chi connectivity index (χ1n) is 2.45. The van der Waals surface area contributed by atoms with Gasteiger partial charge in [0.15, 0.2) is 0 Å². The van der Waals surface area contributed by atoms with Crippen molar-refractivity contribution in [1.29, 1.82) is 0 Å². The fourth-order valence-electron chi connectivity index (χ4n) is 0.284. The fourth-order valence-corrected chi connectivity index (χ4v) is 0.284. The topological polar surface area (TPSA) is 26.3 Å². The lowest BCUT2D eigenvalue weighted by Crippen LogP contribution is -1.99. The third-order valence-electron chi connectivity index (χ3n) is 0.902. The Morgan fingerprint density at radius 3 is 2.50 bits per heavy atom. The highest BCUT2D eigenvalue weighted by Crippen LogP contribution is 2.08. The van der Waals surface area contributed by atoms with E-state index in [1.165, 1.54) is 6.92 Å². The van der Waals surface area contributed by atoms with E-state index in [0.29, 0.717) is 0 Å². The van der Waals surface area contributed by atoms with Gasteiger partial charge in [-0.1, -0.05) is 12.7 Å². The summed E-state index contributed by atoms with van der Waals surface area (Å²) < 4.78 is 23.3. The normalized spacial score (nSPS) is 11.9. The molecule has 0 spiro atoms. The van der Waals surface area contributed by atoms with Gasteiger partial charge in [-0.3, -0.25) is 0 Å². The van der Waals surface area contributed by atoms with Crippen molar-refractivity contribution in [1.82, 2.24) is 0 Å². The van der Waals surface area contributed by atoms with Crippen LogP contribution in [0.4, 0.5) is 8.92 Å². The molecule has 0 rings (SSSR count). The second-order valence-corrected chi connectivity index (χ2v) is 1.57. The maximum absolute atomic E-state index is 12.3.